The average Bonchev–Trinajstić information content (AvgIpc) is 3.28. The van der Waals surface area contributed by atoms with Crippen LogP contribution in [0.15, 0.2) is 36.4 Å². The van der Waals surface area contributed by atoms with Crippen LogP contribution in [-0.4, -0.2) is 41.9 Å². The number of halogens is 1. The number of hydrogen-bond donors (Lipinski definition) is 1. The van der Waals surface area contributed by atoms with Crippen molar-refractivity contribution in [1.82, 2.24) is 4.90 Å². The molecule has 0 aliphatic carbocycles. The molecular formula is C21H19FN2O4. The van der Waals surface area contributed by atoms with Crippen LogP contribution in [0.2, 0.25) is 0 Å². The van der Waals surface area contributed by atoms with Crippen molar-refractivity contribution in [2.45, 2.75) is 25.9 Å². The minimum atomic E-state index is -0.483. The molecule has 2 aliphatic heterocycles. The summed E-state index contributed by atoms with van der Waals surface area (Å²) in [6.07, 6.45) is 1.59. The Labute approximate surface area is 161 Å². The van der Waals surface area contributed by atoms with E-state index in [2.05, 4.69) is 5.32 Å². The zero-order chi connectivity index (χ0) is 19.8. The summed E-state index contributed by atoms with van der Waals surface area (Å²) in [4.78, 5) is 38.9. The highest BCUT2D eigenvalue weighted by molar-refractivity contribution is 6.22. The SMILES string of the molecule is Cc1ccc(NC(=O)c2ccc3c(c2)C(=O)N(CC2CCCO2)C3=O)cc1F. The van der Waals surface area contributed by atoms with Crippen LogP contribution >= 0.6 is 0 Å². The first-order valence-corrected chi connectivity index (χ1v) is 9.13. The number of anilines is 1. The molecule has 0 aromatic heterocycles. The third-order valence-electron chi connectivity index (χ3n) is 5.07. The molecule has 6 nitrogen and oxygen atoms in total. The second-order valence-corrected chi connectivity index (χ2v) is 7.03. The summed E-state index contributed by atoms with van der Waals surface area (Å²) in [5.74, 6) is -1.70. The fourth-order valence-corrected chi connectivity index (χ4v) is 3.46. The maximum atomic E-state index is 13.7. The first-order valence-electron chi connectivity index (χ1n) is 9.13. The highest BCUT2D eigenvalue weighted by Gasteiger charge is 2.37. The third kappa shape index (κ3) is 3.29. The molecule has 28 heavy (non-hydrogen) atoms. The number of ether oxygens (including phenoxy) is 1. The van der Waals surface area contributed by atoms with Gasteiger partial charge in [-0.15, -0.1) is 0 Å². The summed E-state index contributed by atoms with van der Waals surface area (Å²) >= 11 is 0. The summed E-state index contributed by atoms with van der Waals surface area (Å²) in [6.45, 7) is 2.49. The van der Waals surface area contributed by atoms with Crippen molar-refractivity contribution in [1.29, 1.82) is 0 Å². The molecule has 3 amide bonds. The molecule has 0 saturated carbocycles. The van der Waals surface area contributed by atoms with Crippen LogP contribution < -0.4 is 5.32 Å². The van der Waals surface area contributed by atoms with Gasteiger partial charge < -0.3 is 10.1 Å². The zero-order valence-electron chi connectivity index (χ0n) is 15.3. The van der Waals surface area contributed by atoms with E-state index in [1.54, 1.807) is 19.1 Å². The number of nitrogens with zero attached hydrogens (tertiary/aromatic N) is 1. The van der Waals surface area contributed by atoms with Crippen LogP contribution in [0.4, 0.5) is 10.1 Å². The lowest BCUT2D eigenvalue weighted by Crippen LogP contribution is -2.36. The van der Waals surface area contributed by atoms with Gasteiger partial charge in [-0.2, -0.15) is 0 Å². The largest absolute Gasteiger partial charge is 0.376 e. The molecule has 4 rings (SSSR count). The predicted molar refractivity (Wildman–Crippen MR) is 99.9 cm³/mol. The number of carbonyl (C=O) groups is 3. The third-order valence-corrected chi connectivity index (χ3v) is 5.07. The minimum absolute atomic E-state index is 0.138. The number of amides is 3. The van der Waals surface area contributed by atoms with Gasteiger partial charge in [0.25, 0.3) is 17.7 Å². The van der Waals surface area contributed by atoms with Crippen molar-refractivity contribution in [2.75, 3.05) is 18.5 Å². The van der Waals surface area contributed by atoms with E-state index in [4.69, 9.17) is 4.74 Å². The summed E-state index contributed by atoms with van der Waals surface area (Å²) in [5.41, 5.74) is 1.49. The van der Waals surface area contributed by atoms with E-state index >= 15 is 0 Å². The van der Waals surface area contributed by atoms with Crippen molar-refractivity contribution in [3.05, 3.63) is 64.5 Å². The lowest BCUT2D eigenvalue weighted by molar-refractivity contribution is 0.0475. The van der Waals surface area contributed by atoms with Gasteiger partial charge in [-0.05, 0) is 55.7 Å². The molecule has 144 valence electrons. The van der Waals surface area contributed by atoms with Gasteiger partial charge in [-0.1, -0.05) is 6.07 Å². The Morgan fingerprint density at radius 3 is 2.68 bits per heavy atom. The van der Waals surface area contributed by atoms with Gasteiger partial charge in [0.15, 0.2) is 0 Å². The number of rotatable bonds is 4. The quantitative estimate of drug-likeness (QED) is 0.825. The topological polar surface area (TPSA) is 75.7 Å². The number of carbonyl (C=O) groups excluding carboxylic acids is 3. The van der Waals surface area contributed by atoms with Crippen LogP contribution in [0.25, 0.3) is 0 Å². The molecule has 2 aliphatic rings. The molecule has 1 atom stereocenters. The molecule has 2 heterocycles. The number of nitrogens with one attached hydrogen (secondary N) is 1. The molecule has 1 fully saturated rings. The van der Waals surface area contributed by atoms with Gasteiger partial charge in [-0.3, -0.25) is 19.3 Å². The van der Waals surface area contributed by atoms with E-state index in [-0.39, 0.29) is 35.2 Å². The maximum Gasteiger partial charge on any atom is 0.261 e. The van der Waals surface area contributed by atoms with Crippen LogP contribution in [0.3, 0.4) is 0 Å². The number of aryl methyl sites for hydroxylation is 1. The second kappa shape index (κ2) is 7.16. The van der Waals surface area contributed by atoms with E-state index < -0.39 is 17.6 Å². The Bertz CT molecular complexity index is 982. The summed E-state index contributed by atoms with van der Waals surface area (Å²) in [7, 11) is 0. The Balaban J connectivity index is 1.53. The monoisotopic (exact) mass is 382 g/mol. The highest BCUT2D eigenvalue weighted by Crippen LogP contribution is 2.26. The van der Waals surface area contributed by atoms with Crippen molar-refractivity contribution in [3.8, 4) is 0 Å². The molecule has 0 radical (unpaired) electrons. The van der Waals surface area contributed by atoms with E-state index in [0.29, 0.717) is 17.9 Å². The van der Waals surface area contributed by atoms with Gasteiger partial charge in [0.2, 0.25) is 0 Å². The number of imide groups is 1. The first-order chi connectivity index (χ1) is 13.4. The molecule has 0 spiro atoms. The number of hydrogen-bond acceptors (Lipinski definition) is 4. The van der Waals surface area contributed by atoms with Gasteiger partial charge in [0.05, 0.1) is 23.8 Å². The number of fused-ring (bicyclic) bond motifs is 1. The van der Waals surface area contributed by atoms with Gasteiger partial charge in [0, 0.05) is 17.9 Å². The Morgan fingerprint density at radius 1 is 1.18 bits per heavy atom. The van der Waals surface area contributed by atoms with Gasteiger partial charge in [0.1, 0.15) is 5.82 Å². The van der Waals surface area contributed by atoms with Crippen LogP contribution in [0, 0.1) is 12.7 Å². The Kier molecular flexibility index (Phi) is 4.68. The average molecular weight is 382 g/mol. The van der Waals surface area contributed by atoms with E-state index in [1.165, 1.54) is 29.2 Å². The highest BCUT2D eigenvalue weighted by atomic mass is 19.1. The number of benzene rings is 2. The smallest absolute Gasteiger partial charge is 0.261 e. The lowest BCUT2D eigenvalue weighted by Gasteiger charge is -2.17. The van der Waals surface area contributed by atoms with Crippen LogP contribution in [0.1, 0.15) is 49.5 Å². The molecular weight excluding hydrogens is 363 g/mol. The summed E-state index contributed by atoms with van der Waals surface area (Å²) in [6, 6.07) is 8.78. The van der Waals surface area contributed by atoms with E-state index in [9.17, 15) is 18.8 Å². The molecule has 1 unspecified atom stereocenters. The molecule has 7 heteroatoms. The van der Waals surface area contributed by atoms with Crippen LogP contribution in [0.5, 0.6) is 0 Å². The lowest BCUT2D eigenvalue weighted by atomic mass is 10.1. The van der Waals surface area contributed by atoms with E-state index in [1.807, 2.05) is 0 Å². The van der Waals surface area contributed by atoms with Crippen molar-refractivity contribution >= 4 is 23.4 Å². The zero-order valence-corrected chi connectivity index (χ0v) is 15.3. The normalized spacial score (nSPS) is 18.5. The van der Waals surface area contributed by atoms with Gasteiger partial charge in [-0.25, -0.2) is 4.39 Å². The fraction of sp³-hybridized carbons (Fsp3) is 0.286. The Morgan fingerprint density at radius 2 is 1.96 bits per heavy atom. The molecule has 2 aromatic rings. The molecule has 1 N–H and O–H groups in total. The van der Waals surface area contributed by atoms with Crippen molar-refractivity contribution < 1.29 is 23.5 Å². The predicted octanol–water partition coefficient (Wildman–Crippen LogP) is 3.16. The van der Waals surface area contributed by atoms with Gasteiger partial charge >= 0.3 is 0 Å². The van der Waals surface area contributed by atoms with E-state index in [0.717, 1.165) is 12.8 Å². The summed E-state index contributed by atoms with van der Waals surface area (Å²) in [5, 5.41) is 2.60. The molecule has 0 bridgehead atoms. The van der Waals surface area contributed by atoms with Crippen LogP contribution in [-0.2, 0) is 4.74 Å². The van der Waals surface area contributed by atoms with Crippen molar-refractivity contribution in [2.24, 2.45) is 0 Å². The maximum absolute atomic E-state index is 13.7. The fourth-order valence-electron chi connectivity index (χ4n) is 3.46. The minimum Gasteiger partial charge on any atom is -0.376 e. The second-order valence-electron chi connectivity index (χ2n) is 7.03. The first kappa shape index (κ1) is 18.3. The molecule has 1 saturated heterocycles. The summed E-state index contributed by atoms with van der Waals surface area (Å²) < 4.78 is 19.2. The standard InChI is InChI=1S/C21H19FN2O4/c1-12-4-6-14(10-18(12)22)23-19(25)13-5-7-16-17(9-13)21(27)24(20(16)26)11-15-3-2-8-28-15/h4-7,9-10,15H,2-3,8,11H2,1H3,(H,23,25). The Hall–Kier alpha value is -3.06. The van der Waals surface area contributed by atoms with Crippen molar-refractivity contribution in [3.63, 3.8) is 0 Å². The molecule has 2 aromatic carbocycles.